The number of anilines is 1. The molecule has 0 unspecified atom stereocenters. The molecule has 0 aromatic heterocycles. The monoisotopic (exact) mass is 292 g/mol. The minimum Gasteiger partial charge on any atom is -0.398 e. The summed E-state index contributed by atoms with van der Waals surface area (Å²) in [5.41, 5.74) is 7.90. The van der Waals surface area contributed by atoms with E-state index in [1.54, 1.807) is 0 Å². The first kappa shape index (κ1) is 14.3. The van der Waals surface area contributed by atoms with Crippen molar-refractivity contribution < 1.29 is 9.31 Å². The Bertz CT molecular complexity index is 662. The fourth-order valence-corrected chi connectivity index (χ4v) is 2.74. The average molecular weight is 292 g/mol. The van der Waals surface area contributed by atoms with Gasteiger partial charge < -0.3 is 5.73 Å². The topological polar surface area (TPSA) is 69.2 Å². The minimum absolute atomic E-state index is 0.238. The lowest BCUT2D eigenvalue weighted by Gasteiger charge is -2.07. The number of nitro groups is 1. The van der Waals surface area contributed by atoms with Crippen LogP contribution in [0.15, 0.2) is 41.3 Å². The molecule has 0 atom stereocenters. The number of halogens is 1. The van der Waals surface area contributed by atoms with E-state index >= 15 is 0 Å². The fraction of sp³-hybridized carbons (Fsp3) is 0.143. The third-order valence-corrected chi connectivity index (χ3v) is 3.86. The molecule has 0 radical (unpaired) electrons. The van der Waals surface area contributed by atoms with Gasteiger partial charge in [-0.1, -0.05) is 6.07 Å². The fourth-order valence-electron chi connectivity index (χ4n) is 1.75. The van der Waals surface area contributed by atoms with Gasteiger partial charge in [-0.3, -0.25) is 10.1 Å². The Morgan fingerprint density at radius 2 is 2.05 bits per heavy atom. The van der Waals surface area contributed by atoms with Crippen molar-refractivity contribution in [1.29, 1.82) is 0 Å². The highest BCUT2D eigenvalue weighted by Gasteiger charge is 2.10. The molecule has 2 N–H and O–H groups in total. The van der Waals surface area contributed by atoms with Crippen LogP contribution in [0.25, 0.3) is 0 Å². The molecule has 0 saturated heterocycles. The summed E-state index contributed by atoms with van der Waals surface area (Å²) >= 11 is 1.43. The number of aryl methyl sites for hydroxylation is 1. The zero-order chi connectivity index (χ0) is 14.7. The van der Waals surface area contributed by atoms with Gasteiger partial charge in [0.05, 0.1) is 11.0 Å². The lowest BCUT2D eigenvalue weighted by atomic mass is 10.2. The van der Waals surface area contributed by atoms with Crippen molar-refractivity contribution >= 4 is 23.1 Å². The van der Waals surface area contributed by atoms with Gasteiger partial charge in [-0.15, -0.1) is 11.8 Å². The van der Waals surface area contributed by atoms with Gasteiger partial charge in [0.25, 0.3) is 5.69 Å². The van der Waals surface area contributed by atoms with Gasteiger partial charge in [0, 0.05) is 22.4 Å². The van der Waals surface area contributed by atoms with Gasteiger partial charge >= 0.3 is 0 Å². The van der Waals surface area contributed by atoms with E-state index in [0.29, 0.717) is 17.0 Å². The summed E-state index contributed by atoms with van der Waals surface area (Å²) in [6.45, 7) is 1.95. The summed E-state index contributed by atoms with van der Waals surface area (Å²) in [7, 11) is 0. The maximum atomic E-state index is 13.3. The molecule has 2 rings (SSSR count). The standard InChI is InChI=1S/C14H13FN2O2S/c1-9-2-3-13(16)14(4-9)20-8-10-5-11(15)7-12(6-10)17(18)19/h2-7H,8,16H2,1H3. The third kappa shape index (κ3) is 3.48. The number of non-ortho nitro benzene ring substituents is 1. The minimum atomic E-state index is -0.605. The molecule has 104 valence electrons. The highest BCUT2D eigenvalue weighted by molar-refractivity contribution is 7.98. The SMILES string of the molecule is Cc1ccc(N)c(SCc2cc(F)cc([N+](=O)[O-])c2)c1. The Balaban J connectivity index is 2.18. The van der Waals surface area contributed by atoms with Gasteiger partial charge in [-0.2, -0.15) is 0 Å². The highest BCUT2D eigenvalue weighted by atomic mass is 32.2. The molecule has 0 bridgehead atoms. The van der Waals surface area contributed by atoms with Crippen molar-refractivity contribution in [2.75, 3.05) is 5.73 Å². The third-order valence-electron chi connectivity index (χ3n) is 2.72. The number of nitrogen functional groups attached to an aromatic ring is 1. The molecular weight excluding hydrogens is 279 g/mol. The van der Waals surface area contributed by atoms with Crippen LogP contribution >= 0.6 is 11.8 Å². The molecule has 0 heterocycles. The zero-order valence-corrected chi connectivity index (χ0v) is 11.6. The number of nitrogens with two attached hydrogens (primary N) is 1. The van der Waals surface area contributed by atoms with E-state index in [1.807, 2.05) is 25.1 Å². The van der Waals surface area contributed by atoms with Gasteiger partial charge in [0.15, 0.2) is 0 Å². The van der Waals surface area contributed by atoms with Crippen LogP contribution in [-0.4, -0.2) is 4.92 Å². The Morgan fingerprint density at radius 3 is 2.75 bits per heavy atom. The van der Waals surface area contributed by atoms with Crippen molar-refractivity contribution in [3.63, 3.8) is 0 Å². The molecular formula is C14H13FN2O2S. The summed E-state index contributed by atoms with van der Waals surface area (Å²) in [4.78, 5) is 11.0. The van der Waals surface area contributed by atoms with Crippen LogP contribution in [0, 0.1) is 22.9 Å². The van der Waals surface area contributed by atoms with Gasteiger partial charge in [-0.25, -0.2) is 4.39 Å². The molecule has 2 aromatic rings. The van der Waals surface area contributed by atoms with E-state index in [0.717, 1.165) is 16.5 Å². The van der Waals surface area contributed by atoms with Crippen molar-refractivity contribution in [2.24, 2.45) is 0 Å². The second-order valence-corrected chi connectivity index (χ2v) is 5.42. The second kappa shape index (κ2) is 5.92. The molecule has 0 saturated carbocycles. The molecule has 0 spiro atoms. The predicted molar refractivity (Wildman–Crippen MR) is 78.2 cm³/mol. The molecule has 0 aliphatic heterocycles. The molecule has 0 aliphatic carbocycles. The molecule has 0 amide bonds. The van der Waals surface area contributed by atoms with Gasteiger partial charge in [0.2, 0.25) is 0 Å². The van der Waals surface area contributed by atoms with E-state index in [-0.39, 0.29) is 5.69 Å². The largest absolute Gasteiger partial charge is 0.398 e. The van der Waals surface area contributed by atoms with Crippen LogP contribution in [0.2, 0.25) is 0 Å². The number of hydrogen-bond donors (Lipinski definition) is 1. The predicted octanol–water partition coefficient (Wildman–Crippen LogP) is 3.92. The lowest BCUT2D eigenvalue weighted by molar-refractivity contribution is -0.385. The first-order chi connectivity index (χ1) is 9.45. The molecule has 6 heteroatoms. The molecule has 20 heavy (non-hydrogen) atoms. The van der Waals surface area contributed by atoms with Crippen molar-refractivity contribution in [3.05, 3.63) is 63.5 Å². The van der Waals surface area contributed by atoms with E-state index < -0.39 is 10.7 Å². The van der Waals surface area contributed by atoms with E-state index in [4.69, 9.17) is 5.73 Å². The number of hydrogen-bond acceptors (Lipinski definition) is 4. The summed E-state index contributed by atoms with van der Waals surface area (Å²) in [5.74, 6) is -0.182. The first-order valence-corrected chi connectivity index (χ1v) is 6.87. The second-order valence-electron chi connectivity index (χ2n) is 4.40. The van der Waals surface area contributed by atoms with Crippen LogP contribution in [0.3, 0.4) is 0 Å². The smallest absolute Gasteiger partial charge is 0.272 e. The van der Waals surface area contributed by atoms with Crippen molar-refractivity contribution in [2.45, 2.75) is 17.6 Å². The normalized spacial score (nSPS) is 10.5. The summed E-state index contributed by atoms with van der Waals surface area (Å²) in [5, 5.41) is 10.7. The number of nitro benzene ring substituents is 1. The van der Waals surface area contributed by atoms with E-state index in [1.165, 1.54) is 23.9 Å². The zero-order valence-electron chi connectivity index (χ0n) is 10.8. The van der Waals surface area contributed by atoms with Crippen LogP contribution < -0.4 is 5.73 Å². The van der Waals surface area contributed by atoms with Crippen molar-refractivity contribution in [3.8, 4) is 0 Å². The maximum absolute atomic E-state index is 13.3. The Hall–Kier alpha value is -2.08. The molecule has 0 fully saturated rings. The van der Waals surface area contributed by atoms with Gasteiger partial charge in [0.1, 0.15) is 5.82 Å². The number of thioether (sulfide) groups is 1. The quantitative estimate of drug-likeness (QED) is 0.401. The Labute approximate surface area is 119 Å². The van der Waals surface area contributed by atoms with E-state index in [9.17, 15) is 14.5 Å². The first-order valence-electron chi connectivity index (χ1n) is 5.88. The summed E-state index contributed by atoms with van der Waals surface area (Å²) in [6.07, 6.45) is 0. The van der Waals surface area contributed by atoms with Crippen LogP contribution in [0.5, 0.6) is 0 Å². The number of rotatable bonds is 4. The molecule has 0 aliphatic rings. The van der Waals surface area contributed by atoms with Crippen LogP contribution in [0.1, 0.15) is 11.1 Å². The van der Waals surface area contributed by atoms with Crippen LogP contribution in [-0.2, 0) is 5.75 Å². The highest BCUT2D eigenvalue weighted by Crippen LogP contribution is 2.30. The lowest BCUT2D eigenvalue weighted by Crippen LogP contribution is -1.93. The van der Waals surface area contributed by atoms with Crippen LogP contribution in [0.4, 0.5) is 15.8 Å². The van der Waals surface area contributed by atoms with E-state index in [2.05, 4.69) is 0 Å². The summed E-state index contributed by atoms with van der Waals surface area (Å²) in [6, 6.07) is 9.25. The Kier molecular flexibility index (Phi) is 4.24. The van der Waals surface area contributed by atoms with Gasteiger partial charge in [-0.05, 0) is 36.2 Å². The maximum Gasteiger partial charge on any atom is 0.272 e. The Morgan fingerprint density at radius 1 is 1.30 bits per heavy atom. The molecule has 4 nitrogen and oxygen atoms in total. The molecule has 2 aromatic carbocycles. The number of benzene rings is 2. The average Bonchev–Trinajstić information content (AvgIpc) is 2.39. The summed E-state index contributed by atoms with van der Waals surface area (Å²) < 4.78 is 13.3. The van der Waals surface area contributed by atoms with Crippen molar-refractivity contribution in [1.82, 2.24) is 0 Å². The number of nitrogens with zero attached hydrogens (tertiary/aromatic N) is 1.